The van der Waals surface area contributed by atoms with E-state index in [0.29, 0.717) is 35.0 Å². The van der Waals surface area contributed by atoms with Gasteiger partial charge in [0.25, 0.3) is 0 Å². The van der Waals surface area contributed by atoms with Gasteiger partial charge in [0.15, 0.2) is 0 Å². The van der Waals surface area contributed by atoms with Crippen molar-refractivity contribution in [3.63, 3.8) is 0 Å². The third-order valence-electron chi connectivity index (χ3n) is 10.2. The van der Waals surface area contributed by atoms with Crippen LogP contribution in [0.5, 0.6) is 0 Å². The molecule has 0 spiro atoms. The monoisotopic (exact) mass is 387 g/mol. The fourth-order valence-electron chi connectivity index (χ4n) is 8.76. The zero-order valence-electron chi connectivity index (χ0n) is 18.7. The molecule has 1 N–H and O–H groups in total. The molecule has 9 atom stereocenters. The summed E-state index contributed by atoms with van der Waals surface area (Å²) in [6.07, 6.45) is 10.6. The Morgan fingerprint density at radius 2 is 1.79 bits per heavy atom. The minimum absolute atomic E-state index is 0.168. The summed E-state index contributed by atoms with van der Waals surface area (Å²) < 4.78 is 0. The molecular weight excluding hydrogens is 346 g/mol. The standard InChI is InChI=1S/C25H41NO2/c1-7-25(28)13-12-23(3)17(14-25)8-9-18-20-11-10-19(16(2)27)24(20,4)15-21(22(18)23)26(5)6/h7,17-22,28H,1,8-15H2,2-6H3/t17-,18-,19+,20-,21+,22+,23-,24+,25+/m0/s1. The van der Waals surface area contributed by atoms with E-state index in [9.17, 15) is 9.90 Å². The predicted octanol–water partition coefficient (Wildman–Crippen LogP) is 4.69. The molecule has 0 amide bonds. The van der Waals surface area contributed by atoms with Gasteiger partial charge in [-0.1, -0.05) is 19.9 Å². The lowest BCUT2D eigenvalue weighted by Crippen LogP contribution is -2.63. The number of aliphatic hydroxyl groups is 1. The van der Waals surface area contributed by atoms with E-state index in [1.165, 1.54) is 19.3 Å². The quantitative estimate of drug-likeness (QED) is 0.714. The molecule has 3 heteroatoms. The minimum Gasteiger partial charge on any atom is -0.386 e. The van der Waals surface area contributed by atoms with Crippen molar-refractivity contribution >= 4 is 5.78 Å². The van der Waals surface area contributed by atoms with Crippen LogP contribution >= 0.6 is 0 Å². The van der Waals surface area contributed by atoms with Crippen molar-refractivity contribution in [2.75, 3.05) is 14.1 Å². The summed E-state index contributed by atoms with van der Waals surface area (Å²) in [7, 11) is 4.50. The summed E-state index contributed by atoms with van der Waals surface area (Å²) >= 11 is 0. The Bertz CT molecular complexity index is 659. The number of carbonyl (C=O) groups excluding carboxylic acids is 1. The highest BCUT2D eigenvalue weighted by Crippen LogP contribution is 2.68. The average Bonchev–Trinajstić information content (AvgIpc) is 2.99. The molecule has 4 fully saturated rings. The highest BCUT2D eigenvalue weighted by Gasteiger charge is 2.64. The van der Waals surface area contributed by atoms with E-state index >= 15 is 0 Å². The maximum atomic E-state index is 12.5. The highest BCUT2D eigenvalue weighted by atomic mass is 16.3. The maximum absolute atomic E-state index is 12.5. The first-order valence-electron chi connectivity index (χ1n) is 11.6. The van der Waals surface area contributed by atoms with Gasteiger partial charge >= 0.3 is 0 Å². The summed E-state index contributed by atoms with van der Waals surface area (Å²) in [4.78, 5) is 15.0. The van der Waals surface area contributed by atoms with E-state index in [2.05, 4.69) is 39.4 Å². The van der Waals surface area contributed by atoms with E-state index in [4.69, 9.17) is 0 Å². The molecule has 0 radical (unpaired) electrons. The van der Waals surface area contributed by atoms with Gasteiger partial charge in [0.1, 0.15) is 5.78 Å². The SMILES string of the molecule is C=C[C@@]1(O)CC[C@@]2(C)[C@@H](CC[C@@H]3[C@@H]2[C@H](N(C)C)C[C@]2(C)[C@@H](C(C)=O)CC[C@@H]32)C1. The number of hydrogen-bond donors (Lipinski definition) is 1. The van der Waals surface area contributed by atoms with Crippen molar-refractivity contribution < 1.29 is 9.90 Å². The van der Waals surface area contributed by atoms with Gasteiger partial charge in [0.2, 0.25) is 0 Å². The predicted molar refractivity (Wildman–Crippen MR) is 114 cm³/mol. The van der Waals surface area contributed by atoms with Gasteiger partial charge in [-0.15, -0.1) is 6.58 Å². The number of carbonyl (C=O) groups is 1. The van der Waals surface area contributed by atoms with Crippen molar-refractivity contribution in [1.29, 1.82) is 0 Å². The highest BCUT2D eigenvalue weighted by molar-refractivity contribution is 5.79. The Morgan fingerprint density at radius 3 is 2.39 bits per heavy atom. The lowest BCUT2D eigenvalue weighted by atomic mass is 9.42. The Hall–Kier alpha value is -0.670. The van der Waals surface area contributed by atoms with Crippen LogP contribution in [-0.2, 0) is 4.79 Å². The molecule has 0 bridgehead atoms. The Morgan fingerprint density at radius 1 is 1.07 bits per heavy atom. The van der Waals surface area contributed by atoms with Gasteiger partial charge in [-0.2, -0.15) is 0 Å². The molecule has 3 nitrogen and oxygen atoms in total. The molecule has 4 rings (SSSR count). The fraction of sp³-hybridized carbons (Fsp3) is 0.880. The van der Waals surface area contributed by atoms with E-state index in [0.717, 1.165) is 38.0 Å². The molecule has 0 aromatic carbocycles. The third-order valence-corrected chi connectivity index (χ3v) is 10.2. The normalized spacial score (nSPS) is 53.2. The summed E-state index contributed by atoms with van der Waals surface area (Å²) in [5, 5.41) is 10.9. The first-order valence-corrected chi connectivity index (χ1v) is 11.6. The number of fused-ring (bicyclic) bond motifs is 5. The molecule has 0 aromatic rings. The second kappa shape index (κ2) is 6.67. The van der Waals surface area contributed by atoms with Crippen LogP contribution in [-0.4, -0.2) is 41.5 Å². The summed E-state index contributed by atoms with van der Waals surface area (Å²) in [6.45, 7) is 10.7. The van der Waals surface area contributed by atoms with Crippen LogP contribution in [0.1, 0.15) is 72.1 Å². The number of rotatable bonds is 3. The number of Topliss-reactive ketones (excluding diaryl/α,β-unsaturated/α-hetero) is 1. The molecule has 0 heterocycles. The first-order chi connectivity index (χ1) is 13.1. The van der Waals surface area contributed by atoms with Crippen LogP contribution < -0.4 is 0 Å². The van der Waals surface area contributed by atoms with Gasteiger partial charge in [0, 0.05) is 12.0 Å². The number of hydrogen-bond acceptors (Lipinski definition) is 3. The lowest BCUT2D eigenvalue weighted by Gasteiger charge is -2.65. The van der Waals surface area contributed by atoms with Crippen molar-refractivity contribution in [3.8, 4) is 0 Å². The Labute approximate surface area is 172 Å². The first kappa shape index (κ1) is 20.6. The van der Waals surface area contributed by atoms with Gasteiger partial charge in [-0.05, 0) is 107 Å². The van der Waals surface area contributed by atoms with Crippen molar-refractivity contribution in [2.24, 2.45) is 40.4 Å². The second-order valence-electron chi connectivity index (χ2n) is 11.6. The van der Waals surface area contributed by atoms with Gasteiger partial charge in [-0.25, -0.2) is 0 Å². The molecule has 0 unspecified atom stereocenters. The van der Waals surface area contributed by atoms with E-state index in [1.807, 2.05) is 6.92 Å². The summed E-state index contributed by atoms with van der Waals surface area (Å²) in [5.41, 5.74) is -0.203. The summed E-state index contributed by atoms with van der Waals surface area (Å²) in [5.74, 6) is 3.35. The fourth-order valence-corrected chi connectivity index (χ4v) is 8.76. The molecule has 158 valence electrons. The molecule has 4 aliphatic carbocycles. The molecule has 0 saturated heterocycles. The smallest absolute Gasteiger partial charge is 0.133 e. The average molecular weight is 388 g/mol. The Balaban J connectivity index is 1.72. The second-order valence-corrected chi connectivity index (χ2v) is 11.6. The molecular formula is C25H41NO2. The van der Waals surface area contributed by atoms with Crippen LogP contribution in [0.15, 0.2) is 12.7 Å². The van der Waals surface area contributed by atoms with E-state index < -0.39 is 5.60 Å². The van der Waals surface area contributed by atoms with Gasteiger partial charge in [-0.3, -0.25) is 4.79 Å². The third kappa shape index (κ3) is 2.79. The van der Waals surface area contributed by atoms with E-state index in [1.54, 1.807) is 6.08 Å². The van der Waals surface area contributed by atoms with Gasteiger partial charge in [0.05, 0.1) is 5.60 Å². The zero-order valence-corrected chi connectivity index (χ0v) is 18.7. The van der Waals surface area contributed by atoms with Crippen molar-refractivity contribution in [1.82, 2.24) is 4.90 Å². The van der Waals surface area contributed by atoms with Crippen LogP contribution in [0.2, 0.25) is 0 Å². The maximum Gasteiger partial charge on any atom is 0.133 e. The molecule has 4 saturated carbocycles. The summed E-state index contributed by atoms with van der Waals surface area (Å²) in [6, 6.07) is 0.536. The van der Waals surface area contributed by atoms with Gasteiger partial charge < -0.3 is 10.0 Å². The molecule has 28 heavy (non-hydrogen) atoms. The molecule has 4 aliphatic rings. The zero-order chi connectivity index (χ0) is 20.5. The minimum atomic E-state index is -0.666. The number of ketones is 1. The van der Waals surface area contributed by atoms with Crippen LogP contribution in [0.25, 0.3) is 0 Å². The van der Waals surface area contributed by atoms with Crippen LogP contribution in [0.4, 0.5) is 0 Å². The van der Waals surface area contributed by atoms with Crippen LogP contribution in [0, 0.1) is 40.4 Å². The lowest BCUT2D eigenvalue weighted by molar-refractivity contribution is -0.167. The van der Waals surface area contributed by atoms with Crippen molar-refractivity contribution in [3.05, 3.63) is 12.7 Å². The largest absolute Gasteiger partial charge is 0.386 e. The van der Waals surface area contributed by atoms with Crippen LogP contribution in [0.3, 0.4) is 0 Å². The number of nitrogens with zero attached hydrogens (tertiary/aromatic N) is 1. The van der Waals surface area contributed by atoms with E-state index in [-0.39, 0.29) is 11.3 Å². The topological polar surface area (TPSA) is 40.5 Å². The van der Waals surface area contributed by atoms with Crippen molar-refractivity contribution in [2.45, 2.75) is 83.8 Å². The Kier molecular flexibility index (Phi) is 4.91. The molecule has 0 aliphatic heterocycles. The molecule has 0 aromatic heterocycles.